The van der Waals surface area contributed by atoms with E-state index in [1.165, 1.54) is 5.56 Å². The van der Waals surface area contributed by atoms with Gasteiger partial charge in [0.1, 0.15) is 0 Å². The molecule has 3 aromatic carbocycles. The number of fused-ring (bicyclic) bond motifs is 4. The monoisotopic (exact) mass is 344 g/mol. The fraction of sp³-hybridized carbons (Fsp3) is 0.217. The second-order valence-electron chi connectivity index (χ2n) is 6.84. The molecule has 26 heavy (non-hydrogen) atoms. The Morgan fingerprint density at radius 1 is 0.769 bits per heavy atom. The van der Waals surface area contributed by atoms with E-state index in [1.54, 1.807) is 0 Å². The maximum absolute atomic E-state index is 6.66. The Morgan fingerprint density at radius 2 is 1.42 bits per heavy atom. The number of hydrogen-bond acceptors (Lipinski definition) is 3. The van der Waals surface area contributed by atoms with Crippen LogP contribution in [0.4, 0.5) is 0 Å². The molecule has 3 aromatic rings. The van der Waals surface area contributed by atoms with E-state index in [2.05, 4.69) is 37.3 Å². The fourth-order valence-corrected chi connectivity index (χ4v) is 4.23. The van der Waals surface area contributed by atoms with Crippen molar-refractivity contribution < 1.29 is 14.5 Å². The molecule has 2 bridgehead atoms. The highest BCUT2D eigenvalue weighted by atomic mass is 17.3. The van der Waals surface area contributed by atoms with Crippen LogP contribution in [0.5, 0.6) is 0 Å². The van der Waals surface area contributed by atoms with E-state index in [4.69, 9.17) is 14.5 Å². The Bertz CT molecular complexity index is 924. The van der Waals surface area contributed by atoms with Crippen LogP contribution in [0.2, 0.25) is 0 Å². The molecule has 0 spiro atoms. The molecule has 0 N–H and O–H groups in total. The van der Waals surface area contributed by atoms with Crippen LogP contribution in [0.3, 0.4) is 0 Å². The third-order valence-corrected chi connectivity index (χ3v) is 5.45. The van der Waals surface area contributed by atoms with Crippen molar-refractivity contribution in [1.82, 2.24) is 0 Å². The molecule has 0 amide bonds. The molecular weight excluding hydrogens is 324 g/mol. The number of ether oxygens (including phenoxy) is 1. The Kier molecular flexibility index (Phi) is 3.50. The lowest BCUT2D eigenvalue weighted by atomic mass is 9.75. The Morgan fingerprint density at radius 3 is 2.15 bits per heavy atom. The Labute approximate surface area is 153 Å². The molecule has 3 atom stereocenters. The van der Waals surface area contributed by atoms with E-state index in [0.29, 0.717) is 6.42 Å². The molecular formula is C23H20O3. The average Bonchev–Trinajstić information content (AvgIpc) is 3.07. The van der Waals surface area contributed by atoms with Gasteiger partial charge in [-0.3, -0.25) is 0 Å². The zero-order valence-electron chi connectivity index (χ0n) is 14.6. The lowest BCUT2D eigenvalue weighted by molar-refractivity contribution is -0.356. The summed E-state index contributed by atoms with van der Waals surface area (Å²) in [5.74, 6) is -2.01. The Balaban J connectivity index is 1.82. The molecule has 3 nitrogen and oxygen atoms in total. The van der Waals surface area contributed by atoms with Crippen LogP contribution in [0, 0.1) is 0 Å². The van der Waals surface area contributed by atoms with E-state index < -0.39 is 11.6 Å². The highest BCUT2D eigenvalue weighted by molar-refractivity contribution is 5.47. The minimum Gasteiger partial charge on any atom is -0.303 e. The summed E-state index contributed by atoms with van der Waals surface area (Å²) in [6.45, 7) is 2.06. The first-order chi connectivity index (χ1) is 12.8. The van der Waals surface area contributed by atoms with Gasteiger partial charge in [-0.25, -0.2) is 0 Å². The molecule has 130 valence electrons. The van der Waals surface area contributed by atoms with Crippen molar-refractivity contribution in [3.05, 3.63) is 107 Å². The molecule has 0 radical (unpaired) electrons. The van der Waals surface area contributed by atoms with E-state index in [9.17, 15) is 0 Å². The van der Waals surface area contributed by atoms with Crippen molar-refractivity contribution >= 4 is 0 Å². The maximum Gasteiger partial charge on any atom is 0.241 e. The van der Waals surface area contributed by atoms with Crippen LogP contribution in [0.25, 0.3) is 0 Å². The molecule has 0 aliphatic carbocycles. The first-order valence-corrected chi connectivity index (χ1v) is 9.06. The van der Waals surface area contributed by atoms with Crippen LogP contribution < -0.4 is 0 Å². The second kappa shape index (κ2) is 5.78. The first kappa shape index (κ1) is 15.8. The number of rotatable bonds is 3. The first-order valence-electron chi connectivity index (χ1n) is 9.06. The fourth-order valence-electron chi connectivity index (χ4n) is 4.23. The van der Waals surface area contributed by atoms with E-state index in [-0.39, 0.29) is 5.92 Å². The molecule has 5 rings (SSSR count). The van der Waals surface area contributed by atoms with Crippen molar-refractivity contribution in [2.24, 2.45) is 0 Å². The largest absolute Gasteiger partial charge is 0.303 e. The SMILES string of the molecule is CC[C@@]12OO[C@@](c3ccccc3)(O1)C(c1ccccc1)c1ccccc12. The van der Waals surface area contributed by atoms with Crippen molar-refractivity contribution in [1.29, 1.82) is 0 Å². The summed E-state index contributed by atoms with van der Waals surface area (Å²) in [6.07, 6.45) is 0.667. The Hall–Kier alpha value is -2.46. The number of benzene rings is 3. The highest BCUT2D eigenvalue weighted by Gasteiger charge is 2.63. The van der Waals surface area contributed by atoms with E-state index in [0.717, 1.165) is 16.7 Å². The molecule has 1 fully saturated rings. The third kappa shape index (κ3) is 2.05. The van der Waals surface area contributed by atoms with Gasteiger partial charge in [-0.15, -0.1) is 0 Å². The maximum atomic E-state index is 6.66. The predicted molar refractivity (Wildman–Crippen MR) is 98.1 cm³/mol. The molecule has 0 aromatic heterocycles. The summed E-state index contributed by atoms with van der Waals surface area (Å²) >= 11 is 0. The summed E-state index contributed by atoms with van der Waals surface area (Å²) < 4.78 is 6.66. The third-order valence-electron chi connectivity index (χ3n) is 5.45. The van der Waals surface area contributed by atoms with Gasteiger partial charge in [-0.1, -0.05) is 91.9 Å². The van der Waals surface area contributed by atoms with Crippen LogP contribution in [0.15, 0.2) is 84.9 Å². The zero-order chi connectivity index (χ0) is 17.6. The van der Waals surface area contributed by atoms with E-state index in [1.807, 2.05) is 54.6 Å². The molecule has 2 aliphatic heterocycles. The molecule has 1 unspecified atom stereocenters. The lowest BCUT2D eigenvalue weighted by Gasteiger charge is -2.42. The quantitative estimate of drug-likeness (QED) is 0.609. The van der Waals surface area contributed by atoms with Gasteiger partial charge in [0.25, 0.3) is 0 Å². The van der Waals surface area contributed by atoms with Crippen LogP contribution in [-0.2, 0) is 26.1 Å². The lowest BCUT2D eigenvalue weighted by Crippen LogP contribution is -2.43. The van der Waals surface area contributed by atoms with Crippen molar-refractivity contribution in [3.63, 3.8) is 0 Å². The minimum atomic E-state index is -1.01. The van der Waals surface area contributed by atoms with Crippen molar-refractivity contribution in [2.45, 2.75) is 30.8 Å². The van der Waals surface area contributed by atoms with Gasteiger partial charge in [-0.2, -0.15) is 9.78 Å². The van der Waals surface area contributed by atoms with Crippen molar-refractivity contribution in [2.75, 3.05) is 0 Å². The van der Waals surface area contributed by atoms with Gasteiger partial charge in [0.15, 0.2) is 0 Å². The summed E-state index contributed by atoms with van der Waals surface area (Å²) in [4.78, 5) is 12.0. The second-order valence-corrected chi connectivity index (χ2v) is 6.84. The summed E-state index contributed by atoms with van der Waals surface area (Å²) in [7, 11) is 0. The number of hydrogen-bond donors (Lipinski definition) is 0. The smallest absolute Gasteiger partial charge is 0.241 e. The van der Waals surface area contributed by atoms with Gasteiger partial charge >= 0.3 is 0 Å². The van der Waals surface area contributed by atoms with Crippen molar-refractivity contribution in [3.8, 4) is 0 Å². The average molecular weight is 344 g/mol. The van der Waals surface area contributed by atoms with E-state index >= 15 is 0 Å². The van der Waals surface area contributed by atoms with Crippen LogP contribution in [-0.4, -0.2) is 0 Å². The van der Waals surface area contributed by atoms with Gasteiger partial charge in [0.05, 0.1) is 5.92 Å². The van der Waals surface area contributed by atoms with Gasteiger partial charge in [-0.05, 0) is 11.1 Å². The van der Waals surface area contributed by atoms with Gasteiger partial charge in [0.2, 0.25) is 11.6 Å². The summed E-state index contributed by atoms with van der Waals surface area (Å²) in [6, 6.07) is 28.8. The zero-order valence-corrected chi connectivity index (χ0v) is 14.6. The predicted octanol–water partition coefficient (Wildman–Crippen LogP) is 5.23. The standard InChI is InChI=1S/C23H20O3/c1-2-22-20-16-10-9-15-19(20)21(17-11-5-3-6-12-17)23(24-22,26-25-22)18-13-7-4-8-14-18/h3-16,21H,2H2,1H3/t21?,22-,23+/m0/s1. The molecule has 1 saturated heterocycles. The minimum absolute atomic E-state index is 0.121. The molecule has 2 heterocycles. The molecule has 2 aliphatic rings. The van der Waals surface area contributed by atoms with Crippen LogP contribution >= 0.6 is 0 Å². The summed E-state index contributed by atoms with van der Waals surface area (Å²) in [5, 5.41) is 0. The normalized spacial score (nSPS) is 29.3. The topological polar surface area (TPSA) is 27.7 Å². The van der Waals surface area contributed by atoms with Gasteiger partial charge in [0, 0.05) is 17.5 Å². The molecule has 3 heteroatoms. The summed E-state index contributed by atoms with van der Waals surface area (Å²) in [5.41, 5.74) is 4.33. The highest BCUT2D eigenvalue weighted by Crippen LogP contribution is 2.61. The van der Waals surface area contributed by atoms with Gasteiger partial charge < -0.3 is 4.74 Å². The molecule has 0 saturated carbocycles. The van der Waals surface area contributed by atoms with Crippen LogP contribution in [0.1, 0.15) is 41.5 Å².